The summed E-state index contributed by atoms with van der Waals surface area (Å²) in [6.45, 7) is 0. The fourth-order valence-electron chi connectivity index (χ4n) is 2.42. The maximum Gasteiger partial charge on any atom is 0.255 e. The number of anilines is 1. The molecule has 0 aliphatic rings. The first-order valence-electron chi connectivity index (χ1n) is 8.24. The van der Waals surface area contributed by atoms with Crippen molar-refractivity contribution in [2.45, 2.75) is 0 Å². The highest BCUT2D eigenvalue weighted by Gasteiger charge is 2.07. The minimum atomic E-state index is -0.247. The van der Waals surface area contributed by atoms with Gasteiger partial charge in [-0.1, -0.05) is 30.3 Å². The Bertz CT molecular complexity index is 993. The van der Waals surface area contributed by atoms with Gasteiger partial charge in [0.2, 0.25) is 0 Å². The van der Waals surface area contributed by atoms with Gasteiger partial charge in [0.25, 0.3) is 5.91 Å². The van der Waals surface area contributed by atoms with Gasteiger partial charge in [-0.25, -0.2) is 0 Å². The smallest absolute Gasteiger partial charge is 0.255 e. The zero-order valence-corrected chi connectivity index (χ0v) is 14.3. The Balaban J connectivity index is 1.65. The Hall–Kier alpha value is -3.86. The molecular weight excluding hydrogens is 342 g/mol. The number of aromatic hydroxyl groups is 2. The number of carbonyl (C=O) groups is 2. The van der Waals surface area contributed by atoms with E-state index in [0.717, 1.165) is 0 Å². The van der Waals surface area contributed by atoms with Crippen LogP contribution in [0.2, 0.25) is 0 Å². The van der Waals surface area contributed by atoms with Gasteiger partial charge in [-0.15, -0.1) is 0 Å². The van der Waals surface area contributed by atoms with Crippen LogP contribution in [0.5, 0.6) is 11.5 Å². The fourth-order valence-corrected chi connectivity index (χ4v) is 2.42. The molecule has 0 aliphatic heterocycles. The van der Waals surface area contributed by atoms with E-state index in [0.29, 0.717) is 22.4 Å². The lowest BCUT2D eigenvalue weighted by Gasteiger charge is -2.05. The number of phenols is 2. The molecule has 0 aromatic heterocycles. The van der Waals surface area contributed by atoms with Gasteiger partial charge in [-0.2, -0.15) is 0 Å². The van der Waals surface area contributed by atoms with Crippen molar-refractivity contribution in [3.05, 3.63) is 95.6 Å². The van der Waals surface area contributed by atoms with E-state index in [4.69, 9.17) is 0 Å². The topological polar surface area (TPSA) is 86.6 Å². The van der Waals surface area contributed by atoms with Crippen LogP contribution in [0.4, 0.5) is 5.69 Å². The van der Waals surface area contributed by atoms with E-state index in [1.54, 1.807) is 60.7 Å². The first-order chi connectivity index (χ1) is 13.0. The second kappa shape index (κ2) is 8.01. The van der Waals surface area contributed by atoms with Crippen molar-refractivity contribution in [2.75, 3.05) is 5.32 Å². The van der Waals surface area contributed by atoms with Crippen molar-refractivity contribution < 1.29 is 19.8 Å². The molecular formula is C22H17NO4. The van der Waals surface area contributed by atoms with E-state index in [1.807, 2.05) is 6.07 Å². The normalized spacial score (nSPS) is 10.7. The number of amides is 1. The van der Waals surface area contributed by atoms with Crippen molar-refractivity contribution in [3.8, 4) is 11.5 Å². The first kappa shape index (κ1) is 17.9. The Labute approximate surface area is 156 Å². The van der Waals surface area contributed by atoms with Crippen molar-refractivity contribution in [1.82, 2.24) is 0 Å². The molecule has 3 aromatic carbocycles. The molecule has 0 unspecified atom stereocenters. The second-order valence-electron chi connectivity index (χ2n) is 5.84. The van der Waals surface area contributed by atoms with Crippen molar-refractivity contribution in [1.29, 1.82) is 0 Å². The van der Waals surface area contributed by atoms with Crippen molar-refractivity contribution in [3.63, 3.8) is 0 Å². The van der Waals surface area contributed by atoms with Crippen LogP contribution < -0.4 is 5.32 Å². The van der Waals surface area contributed by atoms with Crippen LogP contribution in [-0.4, -0.2) is 21.9 Å². The number of phenolic OH excluding ortho intramolecular Hbond substituents is 2. The van der Waals surface area contributed by atoms with E-state index in [2.05, 4.69) is 5.32 Å². The molecule has 0 aliphatic carbocycles. The lowest BCUT2D eigenvalue weighted by molar-refractivity contribution is 0.102. The average molecular weight is 359 g/mol. The fraction of sp³-hybridized carbons (Fsp3) is 0. The Kier molecular flexibility index (Phi) is 5.33. The number of carbonyl (C=O) groups excluding carboxylic acids is 2. The maximum absolute atomic E-state index is 12.2. The van der Waals surface area contributed by atoms with Crippen LogP contribution in [0, 0.1) is 0 Å². The third-order valence-corrected chi connectivity index (χ3v) is 3.89. The lowest BCUT2D eigenvalue weighted by Crippen LogP contribution is -2.11. The predicted molar refractivity (Wildman–Crippen MR) is 104 cm³/mol. The Morgan fingerprint density at radius 2 is 1.48 bits per heavy atom. The summed E-state index contributed by atoms with van der Waals surface area (Å²) in [5.74, 6) is -0.903. The molecule has 0 saturated heterocycles. The molecule has 0 spiro atoms. The SMILES string of the molecule is O=C(/C=C/c1ccc(O)c(O)c1)c1ccc(NC(=O)c2ccccc2)cc1. The van der Waals surface area contributed by atoms with Gasteiger partial charge in [0.05, 0.1) is 0 Å². The average Bonchev–Trinajstić information content (AvgIpc) is 2.70. The van der Waals surface area contributed by atoms with E-state index in [1.165, 1.54) is 18.2 Å². The molecule has 3 rings (SSSR count). The van der Waals surface area contributed by atoms with Crippen molar-refractivity contribution in [2.24, 2.45) is 0 Å². The van der Waals surface area contributed by atoms with Gasteiger partial charge < -0.3 is 15.5 Å². The molecule has 3 aromatic rings. The summed E-state index contributed by atoms with van der Waals surface area (Å²) >= 11 is 0. The number of rotatable bonds is 5. The number of benzene rings is 3. The molecule has 134 valence electrons. The molecule has 0 saturated carbocycles. The minimum Gasteiger partial charge on any atom is -0.504 e. The monoisotopic (exact) mass is 359 g/mol. The Morgan fingerprint density at radius 1 is 0.778 bits per heavy atom. The molecule has 5 heteroatoms. The summed E-state index contributed by atoms with van der Waals surface area (Å²) in [7, 11) is 0. The third kappa shape index (κ3) is 4.61. The van der Waals surface area contributed by atoms with E-state index in [9.17, 15) is 19.8 Å². The second-order valence-corrected chi connectivity index (χ2v) is 5.84. The van der Waals surface area contributed by atoms with Crippen LogP contribution in [0.25, 0.3) is 6.08 Å². The molecule has 0 atom stereocenters. The zero-order valence-electron chi connectivity index (χ0n) is 14.3. The van der Waals surface area contributed by atoms with Crippen LogP contribution in [-0.2, 0) is 0 Å². The molecule has 0 bridgehead atoms. The van der Waals surface area contributed by atoms with Crippen LogP contribution in [0.1, 0.15) is 26.3 Å². The van der Waals surface area contributed by atoms with Crippen molar-refractivity contribution >= 4 is 23.5 Å². The maximum atomic E-state index is 12.2. The van der Waals surface area contributed by atoms with Gasteiger partial charge >= 0.3 is 0 Å². The van der Waals surface area contributed by atoms with Crippen LogP contribution >= 0.6 is 0 Å². The van der Waals surface area contributed by atoms with Gasteiger partial charge in [0.15, 0.2) is 17.3 Å². The first-order valence-corrected chi connectivity index (χ1v) is 8.24. The molecule has 5 nitrogen and oxygen atoms in total. The van der Waals surface area contributed by atoms with Crippen LogP contribution in [0.15, 0.2) is 78.9 Å². The lowest BCUT2D eigenvalue weighted by atomic mass is 10.1. The highest BCUT2D eigenvalue weighted by atomic mass is 16.3. The van der Waals surface area contributed by atoms with Gasteiger partial charge in [-0.3, -0.25) is 9.59 Å². The van der Waals surface area contributed by atoms with Crippen LogP contribution in [0.3, 0.4) is 0 Å². The number of hydrogen-bond acceptors (Lipinski definition) is 4. The summed E-state index contributed by atoms with van der Waals surface area (Å²) in [5.41, 5.74) is 2.20. The van der Waals surface area contributed by atoms with E-state index in [-0.39, 0.29) is 23.2 Å². The molecule has 3 N–H and O–H groups in total. The molecule has 1 amide bonds. The van der Waals surface area contributed by atoms with Gasteiger partial charge in [0, 0.05) is 16.8 Å². The quantitative estimate of drug-likeness (QED) is 0.361. The summed E-state index contributed by atoms with van der Waals surface area (Å²) in [5, 5.41) is 21.5. The third-order valence-electron chi connectivity index (χ3n) is 3.89. The number of hydrogen-bond donors (Lipinski definition) is 3. The predicted octanol–water partition coefficient (Wildman–Crippen LogP) is 4.25. The van der Waals surface area contributed by atoms with E-state index >= 15 is 0 Å². The van der Waals surface area contributed by atoms with Gasteiger partial charge in [0.1, 0.15) is 0 Å². The Morgan fingerprint density at radius 3 is 2.15 bits per heavy atom. The highest BCUT2D eigenvalue weighted by Crippen LogP contribution is 2.25. The highest BCUT2D eigenvalue weighted by molar-refractivity contribution is 6.08. The molecule has 0 radical (unpaired) electrons. The summed E-state index contributed by atoms with van der Waals surface area (Å²) < 4.78 is 0. The van der Waals surface area contributed by atoms with E-state index < -0.39 is 0 Å². The number of nitrogens with one attached hydrogen (secondary N) is 1. The summed E-state index contributed by atoms with van der Waals surface area (Å²) in [4.78, 5) is 24.4. The largest absolute Gasteiger partial charge is 0.504 e. The molecule has 0 fully saturated rings. The minimum absolute atomic E-state index is 0.216. The number of allylic oxidation sites excluding steroid dienone is 1. The molecule has 0 heterocycles. The number of ketones is 1. The molecule has 27 heavy (non-hydrogen) atoms. The summed E-state index contributed by atoms with van der Waals surface area (Å²) in [6.07, 6.45) is 2.93. The standard InChI is InChI=1S/C22H17NO4/c24-19(12-6-15-7-13-20(25)21(26)14-15)16-8-10-18(11-9-16)23-22(27)17-4-2-1-3-5-17/h1-14,25-26H,(H,23,27)/b12-6+. The zero-order chi connectivity index (χ0) is 19.2. The van der Waals surface area contributed by atoms with Gasteiger partial charge in [-0.05, 0) is 60.2 Å². The summed E-state index contributed by atoms with van der Waals surface area (Å²) in [6, 6.07) is 19.7.